The Hall–Kier alpha value is -1.96. The lowest BCUT2D eigenvalue weighted by Gasteiger charge is -2.12. The number of nitrogens with zero attached hydrogens (tertiary/aromatic N) is 1. The van der Waals surface area contributed by atoms with E-state index in [1.54, 1.807) is 12.1 Å². The molecule has 0 aliphatic carbocycles. The molecule has 2 heterocycles. The van der Waals surface area contributed by atoms with E-state index in [4.69, 9.17) is 4.74 Å². The number of pyridine rings is 1. The fourth-order valence-corrected chi connectivity index (χ4v) is 3.78. The molecule has 1 unspecified atom stereocenters. The first kappa shape index (κ1) is 17.8. The van der Waals surface area contributed by atoms with Gasteiger partial charge in [0.05, 0.1) is 11.0 Å². The van der Waals surface area contributed by atoms with Gasteiger partial charge < -0.3 is 10.1 Å². The Morgan fingerprint density at radius 1 is 1.20 bits per heavy atom. The highest BCUT2D eigenvalue weighted by molar-refractivity contribution is 7.89. The van der Waals surface area contributed by atoms with E-state index < -0.39 is 10.0 Å². The van der Waals surface area contributed by atoms with E-state index in [0.29, 0.717) is 19.7 Å². The molecule has 1 aromatic carbocycles. The highest BCUT2D eigenvalue weighted by atomic mass is 32.2. The van der Waals surface area contributed by atoms with Crippen molar-refractivity contribution in [2.45, 2.75) is 37.3 Å². The first-order valence-electron chi connectivity index (χ1n) is 8.41. The molecule has 2 aromatic rings. The summed E-state index contributed by atoms with van der Waals surface area (Å²) in [6.07, 6.45) is 1.88. The van der Waals surface area contributed by atoms with E-state index in [1.807, 2.05) is 37.3 Å². The Morgan fingerprint density at radius 2 is 2.00 bits per heavy atom. The van der Waals surface area contributed by atoms with Crippen LogP contribution in [0.4, 0.5) is 5.82 Å². The number of aryl methyl sites for hydroxylation is 1. The van der Waals surface area contributed by atoms with Gasteiger partial charge in [0, 0.05) is 25.4 Å². The summed E-state index contributed by atoms with van der Waals surface area (Å²) < 4.78 is 32.7. The average Bonchev–Trinajstić information content (AvgIpc) is 3.12. The van der Waals surface area contributed by atoms with Crippen molar-refractivity contribution in [2.24, 2.45) is 0 Å². The fourth-order valence-electron chi connectivity index (χ4n) is 2.71. The lowest BCUT2D eigenvalue weighted by Crippen LogP contribution is -2.31. The summed E-state index contributed by atoms with van der Waals surface area (Å²) in [6.45, 7) is 3.56. The van der Waals surface area contributed by atoms with Crippen LogP contribution in [0, 0.1) is 6.92 Å². The summed E-state index contributed by atoms with van der Waals surface area (Å²) in [5, 5.41) is 3.23. The molecule has 25 heavy (non-hydrogen) atoms. The largest absolute Gasteiger partial charge is 0.377 e. The number of rotatable bonds is 7. The van der Waals surface area contributed by atoms with E-state index in [9.17, 15) is 8.42 Å². The maximum Gasteiger partial charge on any atom is 0.240 e. The van der Waals surface area contributed by atoms with E-state index in [2.05, 4.69) is 15.0 Å². The van der Waals surface area contributed by atoms with Crippen LogP contribution in [0.3, 0.4) is 0 Å². The van der Waals surface area contributed by atoms with Crippen molar-refractivity contribution < 1.29 is 13.2 Å². The minimum absolute atomic E-state index is 0.0138. The highest BCUT2D eigenvalue weighted by Gasteiger charge is 2.20. The molecule has 0 radical (unpaired) electrons. The molecular formula is C18H23N3O3S. The lowest BCUT2D eigenvalue weighted by atomic mass is 10.2. The number of anilines is 1. The first-order valence-corrected chi connectivity index (χ1v) is 9.89. The molecule has 0 saturated carbocycles. The average molecular weight is 361 g/mol. The van der Waals surface area contributed by atoms with Gasteiger partial charge in [-0.1, -0.05) is 18.2 Å². The summed E-state index contributed by atoms with van der Waals surface area (Å²) in [5.74, 6) is 0.801. The van der Waals surface area contributed by atoms with Crippen molar-refractivity contribution in [3.05, 3.63) is 53.7 Å². The summed E-state index contributed by atoms with van der Waals surface area (Å²) in [5.41, 5.74) is 1.94. The number of sulfonamides is 1. The summed E-state index contributed by atoms with van der Waals surface area (Å²) in [4.78, 5) is 4.64. The van der Waals surface area contributed by atoms with Crippen molar-refractivity contribution in [2.75, 3.05) is 18.5 Å². The van der Waals surface area contributed by atoms with Gasteiger partial charge in [0.1, 0.15) is 5.82 Å². The van der Waals surface area contributed by atoms with Crippen LogP contribution < -0.4 is 10.0 Å². The monoisotopic (exact) mass is 361 g/mol. The van der Waals surface area contributed by atoms with Gasteiger partial charge in [0.15, 0.2) is 0 Å². The van der Waals surface area contributed by atoms with E-state index >= 15 is 0 Å². The second-order valence-electron chi connectivity index (χ2n) is 6.15. The number of hydrogen-bond acceptors (Lipinski definition) is 5. The third kappa shape index (κ3) is 5.01. The van der Waals surface area contributed by atoms with Gasteiger partial charge in [-0.05, 0) is 49.6 Å². The number of aromatic nitrogens is 1. The van der Waals surface area contributed by atoms with Gasteiger partial charge in [-0.15, -0.1) is 0 Å². The van der Waals surface area contributed by atoms with Gasteiger partial charge in [0.2, 0.25) is 10.0 Å². The normalized spacial score (nSPS) is 17.6. The van der Waals surface area contributed by atoms with E-state index in [-0.39, 0.29) is 11.0 Å². The number of hydrogen-bond donors (Lipinski definition) is 2. The Labute approximate surface area is 148 Å². The molecule has 2 N–H and O–H groups in total. The summed E-state index contributed by atoms with van der Waals surface area (Å²) in [6, 6.07) is 12.7. The smallest absolute Gasteiger partial charge is 0.240 e. The van der Waals surface area contributed by atoms with Crippen LogP contribution in [-0.4, -0.2) is 32.7 Å². The molecule has 7 heteroatoms. The van der Waals surface area contributed by atoms with E-state index in [1.165, 1.54) is 0 Å². The minimum Gasteiger partial charge on any atom is -0.377 e. The fraction of sp³-hybridized carbons (Fsp3) is 0.389. The zero-order valence-corrected chi connectivity index (χ0v) is 15.1. The summed E-state index contributed by atoms with van der Waals surface area (Å²) >= 11 is 0. The Bertz CT molecular complexity index is 801. The predicted octanol–water partition coefficient (Wildman–Crippen LogP) is 2.46. The SMILES string of the molecule is Cc1cccc(NCc2ccc(S(=O)(=O)NCC3CCCO3)cc2)n1. The van der Waals surface area contributed by atoms with Crippen molar-refractivity contribution >= 4 is 15.8 Å². The van der Waals surface area contributed by atoms with Gasteiger partial charge in [-0.25, -0.2) is 18.1 Å². The van der Waals surface area contributed by atoms with Crippen LogP contribution >= 0.6 is 0 Å². The first-order chi connectivity index (χ1) is 12.0. The van der Waals surface area contributed by atoms with Gasteiger partial charge in [-0.3, -0.25) is 0 Å². The molecule has 6 nitrogen and oxygen atoms in total. The number of ether oxygens (including phenoxy) is 1. The zero-order chi connectivity index (χ0) is 17.7. The van der Waals surface area contributed by atoms with Crippen LogP contribution in [0.1, 0.15) is 24.1 Å². The Morgan fingerprint density at radius 3 is 2.68 bits per heavy atom. The van der Waals surface area contributed by atoms with Gasteiger partial charge >= 0.3 is 0 Å². The van der Waals surface area contributed by atoms with Crippen LogP contribution in [0.5, 0.6) is 0 Å². The standard InChI is InChI=1S/C18H23N3O3S/c1-14-4-2-6-18(21-14)19-12-15-7-9-17(10-8-15)25(22,23)20-13-16-5-3-11-24-16/h2,4,6-10,16,20H,3,5,11-13H2,1H3,(H,19,21). The van der Waals surface area contributed by atoms with Crippen molar-refractivity contribution in [3.8, 4) is 0 Å². The molecule has 134 valence electrons. The minimum atomic E-state index is -3.50. The molecule has 1 atom stereocenters. The summed E-state index contributed by atoms with van der Waals surface area (Å²) in [7, 11) is -3.50. The molecule has 1 fully saturated rings. The van der Waals surface area contributed by atoms with Crippen LogP contribution in [0.15, 0.2) is 47.4 Å². The van der Waals surface area contributed by atoms with Crippen LogP contribution in [0.25, 0.3) is 0 Å². The predicted molar refractivity (Wildman–Crippen MR) is 96.9 cm³/mol. The molecule has 0 amide bonds. The Balaban J connectivity index is 1.57. The molecular weight excluding hydrogens is 338 g/mol. The number of nitrogens with one attached hydrogen (secondary N) is 2. The number of benzene rings is 1. The van der Waals surface area contributed by atoms with Crippen molar-refractivity contribution in [1.29, 1.82) is 0 Å². The molecule has 3 rings (SSSR count). The van der Waals surface area contributed by atoms with Gasteiger partial charge in [-0.2, -0.15) is 0 Å². The zero-order valence-electron chi connectivity index (χ0n) is 14.2. The molecule has 1 saturated heterocycles. The molecule has 0 bridgehead atoms. The topological polar surface area (TPSA) is 80.3 Å². The molecule has 1 aliphatic heterocycles. The van der Waals surface area contributed by atoms with E-state index in [0.717, 1.165) is 29.9 Å². The second kappa shape index (κ2) is 7.95. The highest BCUT2D eigenvalue weighted by Crippen LogP contribution is 2.15. The lowest BCUT2D eigenvalue weighted by molar-refractivity contribution is 0.114. The quantitative estimate of drug-likeness (QED) is 0.792. The molecule has 1 aromatic heterocycles. The molecule has 1 aliphatic rings. The maximum atomic E-state index is 12.3. The third-order valence-electron chi connectivity index (χ3n) is 4.12. The maximum absolute atomic E-state index is 12.3. The third-order valence-corrected chi connectivity index (χ3v) is 5.56. The van der Waals surface area contributed by atoms with Gasteiger partial charge in [0.25, 0.3) is 0 Å². The second-order valence-corrected chi connectivity index (χ2v) is 7.92. The van der Waals surface area contributed by atoms with Crippen LogP contribution in [0.2, 0.25) is 0 Å². The van der Waals surface area contributed by atoms with Crippen molar-refractivity contribution in [1.82, 2.24) is 9.71 Å². The Kier molecular flexibility index (Phi) is 5.67. The molecule has 0 spiro atoms. The van der Waals surface area contributed by atoms with Crippen LogP contribution in [-0.2, 0) is 21.3 Å². The van der Waals surface area contributed by atoms with Crippen molar-refractivity contribution in [3.63, 3.8) is 0 Å².